The van der Waals surface area contributed by atoms with E-state index < -0.39 is 0 Å². The molecule has 1 amide bonds. The lowest BCUT2D eigenvalue weighted by Gasteiger charge is -2.22. The fourth-order valence-electron chi connectivity index (χ4n) is 2.07. The molecule has 1 aromatic rings. The van der Waals surface area contributed by atoms with Crippen molar-refractivity contribution in [2.75, 3.05) is 19.7 Å². The first kappa shape index (κ1) is 17.3. The predicted molar refractivity (Wildman–Crippen MR) is 86.1 cm³/mol. The quantitative estimate of drug-likeness (QED) is 0.783. The minimum absolute atomic E-state index is 0.0737. The molecule has 3 heteroatoms. The van der Waals surface area contributed by atoms with Crippen LogP contribution in [0.2, 0.25) is 0 Å². The molecule has 0 saturated heterocycles. The summed E-state index contributed by atoms with van der Waals surface area (Å²) in [6.45, 7) is 5.71. The zero-order valence-electron chi connectivity index (χ0n) is 13.1. The maximum atomic E-state index is 12.6. The first-order chi connectivity index (χ1) is 10.2. The molecule has 0 radical (unpaired) electrons. The van der Waals surface area contributed by atoms with E-state index in [9.17, 15) is 4.79 Å². The minimum atomic E-state index is -0.169. The molecule has 0 heterocycles. The second-order valence-corrected chi connectivity index (χ2v) is 5.04. The molecule has 0 aliphatic rings. The Morgan fingerprint density at radius 2 is 1.86 bits per heavy atom. The third-order valence-electron chi connectivity index (χ3n) is 3.27. The Balaban J connectivity index is 2.86. The van der Waals surface area contributed by atoms with E-state index in [4.69, 9.17) is 5.11 Å². The lowest BCUT2D eigenvalue weighted by molar-refractivity contribution is 0.0751. The first-order valence-electron chi connectivity index (χ1n) is 7.72. The number of carbonyl (C=O) groups is 1. The van der Waals surface area contributed by atoms with Crippen molar-refractivity contribution in [3.05, 3.63) is 35.4 Å². The van der Waals surface area contributed by atoms with Crippen molar-refractivity contribution in [1.82, 2.24) is 4.90 Å². The molecular weight excluding hydrogens is 262 g/mol. The molecule has 1 N–H and O–H groups in total. The summed E-state index contributed by atoms with van der Waals surface area (Å²) in [4.78, 5) is 14.5. The molecule has 3 nitrogen and oxygen atoms in total. The Hall–Kier alpha value is -1.79. The van der Waals surface area contributed by atoms with Gasteiger partial charge < -0.3 is 10.0 Å². The smallest absolute Gasteiger partial charge is 0.253 e. The molecule has 0 saturated carbocycles. The summed E-state index contributed by atoms with van der Waals surface area (Å²) in [6, 6.07) is 7.32. The highest BCUT2D eigenvalue weighted by atomic mass is 16.2. The largest absolute Gasteiger partial charge is 0.384 e. The van der Waals surface area contributed by atoms with Crippen LogP contribution in [0.3, 0.4) is 0 Å². The highest BCUT2D eigenvalue weighted by Crippen LogP contribution is 2.10. The van der Waals surface area contributed by atoms with E-state index in [0.29, 0.717) is 5.56 Å². The van der Waals surface area contributed by atoms with Crippen molar-refractivity contribution in [3.8, 4) is 11.8 Å². The second kappa shape index (κ2) is 10.0. The predicted octanol–water partition coefficient (Wildman–Crippen LogP) is 3.07. The number of benzene rings is 1. The van der Waals surface area contributed by atoms with Crippen molar-refractivity contribution in [2.24, 2.45) is 0 Å². The van der Waals surface area contributed by atoms with E-state index >= 15 is 0 Å². The van der Waals surface area contributed by atoms with Gasteiger partial charge in [-0.05, 0) is 31.0 Å². The van der Waals surface area contributed by atoms with E-state index in [-0.39, 0.29) is 12.5 Å². The standard InChI is InChI=1S/C18H25NO2/c1-3-5-12-19(13-6-4-2)18(21)17-11-7-9-16(15-17)10-8-14-20/h7,9,11,15,20H,3-6,12-14H2,1-2H3. The van der Waals surface area contributed by atoms with Crippen molar-refractivity contribution >= 4 is 5.91 Å². The monoisotopic (exact) mass is 287 g/mol. The molecule has 0 atom stereocenters. The van der Waals surface area contributed by atoms with Crippen LogP contribution in [0, 0.1) is 11.8 Å². The number of hydrogen-bond acceptors (Lipinski definition) is 2. The van der Waals surface area contributed by atoms with Crippen LogP contribution in [0.15, 0.2) is 24.3 Å². The van der Waals surface area contributed by atoms with Crippen LogP contribution in [0.4, 0.5) is 0 Å². The van der Waals surface area contributed by atoms with Gasteiger partial charge in [0.2, 0.25) is 0 Å². The highest BCUT2D eigenvalue weighted by Gasteiger charge is 2.14. The number of aliphatic hydroxyl groups excluding tert-OH is 1. The molecule has 1 rings (SSSR count). The first-order valence-corrected chi connectivity index (χ1v) is 7.72. The Labute approximate surface area is 128 Å². The Morgan fingerprint density at radius 1 is 1.19 bits per heavy atom. The number of rotatable bonds is 7. The van der Waals surface area contributed by atoms with Gasteiger partial charge in [-0.1, -0.05) is 44.6 Å². The number of carbonyl (C=O) groups excluding carboxylic acids is 1. The third-order valence-corrected chi connectivity index (χ3v) is 3.27. The van der Waals surface area contributed by atoms with E-state index in [0.717, 1.165) is 44.3 Å². The zero-order chi connectivity index (χ0) is 15.5. The summed E-state index contributed by atoms with van der Waals surface area (Å²) >= 11 is 0. The van der Waals surface area contributed by atoms with Gasteiger partial charge in [-0.3, -0.25) is 4.79 Å². The van der Waals surface area contributed by atoms with Crippen LogP contribution >= 0.6 is 0 Å². The summed E-state index contributed by atoms with van der Waals surface area (Å²) in [5, 5.41) is 8.74. The summed E-state index contributed by atoms with van der Waals surface area (Å²) < 4.78 is 0. The lowest BCUT2D eigenvalue weighted by atomic mass is 10.1. The normalized spacial score (nSPS) is 9.86. The van der Waals surface area contributed by atoms with Gasteiger partial charge in [-0.25, -0.2) is 0 Å². The molecule has 0 spiro atoms. The van der Waals surface area contributed by atoms with Crippen molar-refractivity contribution in [1.29, 1.82) is 0 Å². The number of unbranched alkanes of at least 4 members (excludes halogenated alkanes) is 2. The van der Waals surface area contributed by atoms with Crippen LogP contribution in [-0.4, -0.2) is 35.6 Å². The molecule has 114 valence electrons. The number of hydrogen-bond donors (Lipinski definition) is 1. The summed E-state index contributed by atoms with van der Waals surface area (Å²) in [5.41, 5.74) is 1.44. The number of nitrogens with zero attached hydrogens (tertiary/aromatic N) is 1. The Bertz CT molecular complexity index is 491. The van der Waals surface area contributed by atoms with Gasteiger partial charge in [0.1, 0.15) is 6.61 Å². The van der Waals surface area contributed by atoms with Crippen molar-refractivity contribution in [3.63, 3.8) is 0 Å². The number of aliphatic hydroxyl groups is 1. The summed E-state index contributed by atoms with van der Waals surface area (Å²) in [6.07, 6.45) is 4.22. The molecule has 0 aromatic heterocycles. The molecule has 0 aliphatic carbocycles. The fraction of sp³-hybridized carbons (Fsp3) is 0.500. The Morgan fingerprint density at radius 3 is 2.43 bits per heavy atom. The fourth-order valence-corrected chi connectivity index (χ4v) is 2.07. The van der Waals surface area contributed by atoms with Gasteiger partial charge >= 0.3 is 0 Å². The SMILES string of the molecule is CCCCN(CCCC)C(=O)c1cccc(C#CCO)c1. The van der Waals surface area contributed by atoms with E-state index in [1.807, 2.05) is 23.1 Å². The van der Waals surface area contributed by atoms with Gasteiger partial charge in [0, 0.05) is 24.2 Å². The molecule has 0 aliphatic heterocycles. The summed E-state index contributed by atoms with van der Waals surface area (Å²) in [5.74, 6) is 5.53. The van der Waals surface area contributed by atoms with Gasteiger partial charge in [0.05, 0.1) is 0 Å². The number of amides is 1. The second-order valence-electron chi connectivity index (χ2n) is 5.04. The van der Waals surface area contributed by atoms with Gasteiger partial charge in [-0.2, -0.15) is 0 Å². The minimum Gasteiger partial charge on any atom is -0.384 e. The topological polar surface area (TPSA) is 40.5 Å². The van der Waals surface area contributed by atoms with Crippen LogP contribution in [0.1, 0.15) is 55.5 Å². The maximum Gasteiger partial charge on any atom is 0.253 e. The molecule has 0 unspecified atom stereocenters. The summed E-state index contributed by atoms with van der Waals surface area (Å²) in [7, 11) is 0. The van der Waals surface area contributed by atoms with Gasteiger partial charge in [0.15, 0.2) is 0 Å². The van der Waals surface area contributed by atoms with Gasteiger partial charge in [0.25, 0.3) is 5.91 Å². The molecule has 21 heavy (non-hydrogen) atoms. The van der Waals surface area contributed by atoms with Crippen LogP contribution in [0.25, 0.3) is 0 Å². The van der Waals surface area contributed by atoms with E-state index in [2.05, 4.69) is 25.7 Å². The molecule has 1 aromatic carbocycles. The van der Waals surface area contributed by atoms with Crippen LogP contribution in [0.5, 0.6) is 0 Å². The molecule has 0 fully saturated rings. The Kier molecular flexibility index (Phi) is 8.23. The lowest BCUT2D eigenvalue weighted by Crippen LogP contribution is -2.33. The maximum absolute atomic E-state index is 12.6. The van der Waals surface area contributed by atoms with Crippen molar-refractivity contribution < 1.29 is 9.90 Å². The third kappa shape index (κ3) is 6.01. The van der Waals surface area contributed by atoms with Crippen LogP contribution < -0.4 is 0 Å². The van der Waals surface area contributed by atoms with Gasteiger partial charge in [-0.15, -0.1) is 0 Å². The molecular formula is C18H25NO2. The average Bonchev–Trinajstić information content (AvgIpc) is 2.53. The molecule has 0 bridgehead atoms. The zero-order valence-corrected chi connectivity index (χ0v) is 13.1. The highest BCUT2D eigenvalue weighted by molar-refractivity contribution is 5.94. The van der Waals surface area contributed by atoms with E-state index in [1.165, 1.54) is 0 Å². The van der Waals surface area contributed by atoms with E-state index in [1.54, 1.807) is 6.07 Å². The average molecular weight is 287 g/mol. The van der Waals surface area contributed by atoms with Crippen LogP contribution in [-0.2, 0) is 0 Å². The van der Waals surface area contributed by atoms with Crippen molar-refractivity contribution in [2.45, 2.75) is 39.5 Å².